The van der Waals surface area contributed by atoms with Crippen molar-refractivity contribution in [3.05, 3.63) is 36.4 Å². The Morgan fingerprint density at radius 3 is 2.79 bits per heavy atom. The molecule has 0 spiro atoms. The van der Waals surface area contributed by atoms with Crippen molar-refractivity contribution in [2.24, 2.45) is 0 Å². The SMILES string of the molecule is CCN1CCCC1CNC(=O)C(=O)Nc1cc2oc3ccccc3c2cc1OC. The number of ether oxygens (including phenoxy) is 1. The Morgan fingerprint density at radius 2 is 2.00 bits per heavy atom. The Hall–Kier alpha value is -3.06. The molecule has 2 aromatic carbocycles. The van der Waals surface area contributed by atoms with Crippen LogP contribution in [0.15, 0.2) is 40.8 Å². The fourth-order valence-electron chi connectivity index (χ4n) is 4.03. The van der Waals surface area contributed by atoms with Gasteiger partial charge in [0.05, 0.1) is 12.8 Å². The van der Waals surface area contributed by atoms with Gasteiger partial charge < -0.3 is 19.8 Å². The summed E-state index contributed by atoms with van der Waals surface area (Å²) in [7, 11) is 1.53. The zero-order valence-electron chi connectivity index (χ0n) is 16.7. The average Bonchev–Trinajstić information content (AvgIpc) is 3.34. The lowest BCUT2D eigenvalue weighted by atomic mass is 10.1. The Bertz CT molecular complexity index is 1060. The minimum absolute atomic E-state index is 0.290. The van der Waals surface area contributed by atoms with Gasteiger partial charge in [0, 0.05) is 29.4 Å². The number of amides is 2. The number of hydrogen-bond donors (Lipinski definition) is 2. The van der Waals surface area contributed by atoms with Crippen molar-refractivity contribution < 1.29 is 18.7 Å². The first-order valence-corrected chi connectivity index (χ1v) is 9.93. The van der Waals surface area contributed by atoms with Gasteiger partial charge >= 0.3 is 11.8 Å². The van der Waals surface area contributed by atoms with Gasteiger partial charge in [-0.3, -0.25) is 14.5 Å². The number of likely N-dealkylation sites (N-methyl/N-ethyl adjacent to an activating group) is 1. The highest BCUT2D eigenvalue weighted by Crippen LogP contribution is 2.36. The van der Waals surface area contributed by atoms with Crippen LogP contribution in [0.25, 0.3) is 21.9 Å². The second kappa shape index (κ2) is 8.13. The number of rotatable bonds is 5. The molecule has 1 aliphatic rings. The molecular formula is C22H25N3O4. The van der Waals surface area contributed by atoms with E-state index in [9.17, 15) is 9.59 Å². The number of para-hydroxylation sites is 1. The molecule has 2 N–H and O–H groups in total. The normalized spacial score (nSPS) is 17.0. The molecule has 1 aromatic heterocycles. The zero-order chi connectivity index (χ0) is 20.4. The first-order chi connectivity index (χ1) is 14.1. The van der Waals surface area contributed by atoms with E-state index in [0.29, 0.717) is 23.6 Å². The van der Waals surface area contributed by atoms with Gasteiger partial charge in [0.2, 0.25) is 0 Å². The number of carbonyl (C=O) groups excluding carboxylic acids is 2. The molecule has 1 saturated heterocycles. The molecule has 7 heteroatoms. The Kier molecular flexibility index (Phi) is 5.40. The van der Waals surface area contributed by atoms with Crippen molar-refractivity contribution in [3.63, 3.8) is 0 Å². The van der Waals surface area contributed by atoms with Gasteiger partial charge in [-0.05, 0) is 38.1 Å². The highest BCUT2D eigenvalue weighted by molar-refractivity contribution is 6.39. The highest BCUT2D eigenvalue weighted by Gasteiger charge is 2.25. The topological polar surface area (TPSA) is 83.8 Å². The van der Waals surface area contributed by atoms with Crippen LogP contribution >= 0.6 is 0 Å². The minimum Gasteiger partial charge on any atom is -0.495 e. The van der Waals surface area contributed by atoms with Crippen molar-refractivity contribution >= 4 is 39.4 Å². The molecule has 2 amide bonds. The predicted octanol–water partition coefficient (Wildman–Crippen LogP) is 3.13. The summed E-state index contributed by atoms with van der Waals surface area (Å²) in [4.78, 5) is 27.0. The smallest absolute Gasteiger partial charge is 0.313 e. The molecule has 152 valence electrons. The Labute approximate surface area is 169 Å². The number of carbonyl (C=O) groups is 2. The maximum absolute atomic E-state index is 12.4. The maximum atomic E-state index is 12.4. The second-order valence-corrected chi connectivity index (χ2v) is 7.24. The van der Waals surface area contributed by atoms with E-state index in [4.69, 9.17) is 9.15 Å². The molecule has 0 radical (unpaired) electrons. The summed E-state index contributed by atoms with van der Waals surface area (Å²) in [5, 5.41) is 7.25. The average molecular weight is 395 g/mol. The monoisotopic (exact) mass is 395 g/mol. The van der Waals surface area contributed by atoms with Crippen LogP contribution in [0.1, 0.15) is 19.8 Å². The highest BCUT2D eigenvalue weighted by atomic mass is 16.5. The first-order valence-electron chi connectivity index (χ1n) is 9.93. The van der Waals surface area contributed by atoms with Gasteiger partial charge in [0.25, 0.3) is 0 Å². The standard InChI is InChI=1S/C22H25N3O4/c1-3-25-10-6-7-14(25)13-23-21(26)22(27)24-17-12-19-16(11-20(17)28-2)15-8-4-5-9-18(15)29-19/h4-5,8-9,11-12,14H,3,6-7,10,13H2,1-2H3,(H,23,26)(H,24,27). The fraction of sp³-hybridized carbons (Fsp3) is 0.364. The van der Waals surface area contributed by atoms with Crippen molar-refractivity contribution in [2.75, 3.05) is 32.1 Å². The summed E-state index contributed by atoms with van der Waals surface area (Å²) in [5.41, 5.74) is 1.77. The van der Waals surface area contributed by atoms with Crippen LogP contribution in [-0.2, 0) is 9.59 Å². The molecule has 7 nitrogen and oxygen atoms in total. The summed E-state index contributed by atoms with van der Waals surface area (Å²) in [6, 6.07) is 11.5. The predicted molar refractivity (Wildman–Crippen MR) is 112 cm³/mol. The summed E-state index contributed by atoms with van der Waals surface area (Å²) in [6.45, 7) is 4.56. The van der Waals surface area contributed by atoms with Gasteiger partial charge in [-0.2, -0.15) is 0 Å². The number of anilines is 1. The number of furan rings is 1. The lowest BCUT2D eigenvalue weighted by Gasteiger charge is -2.22. The number of methoxy groups -OCH3 is 1. The van der Waals surface area contributed by atoms with Crippen molar-refractivity contribution in [3.8, 4) is 5.75 Å². The molecule has 2 heterocycles. The van der Waals surface area contributed by atoms with Crippen LogP contribution in [0.3, 0.4) is 0 Å². The number of benzene rings is 2. The number of likely N-dealkylation sites (tertiary alicyclic amines) is 1. The maximum Gasteiger partial charge on any atom is 0.313 e. The summed E-state index contributed by atoms with van der Waals surface area (Å²) >= 11 is 0. The zero-order valence-corrected chi connectivity index (χ0v) is 16.7. The van der Waals surface area contributed by atoms with E-state index in [-0.39, 0.29) is 6.04 Å². The third-order valence-corrected chi connectivity index (χ3v) is 5.56. The molecule has 1 fully saturated rings. The third kappa shape index (κ3) is 3.78. The second-order valence-electron chi connectivity index (χ2n) is 7.24. The van der Waals surface area contributed by atoms with Crippen molar-refractivity contribution in [2.45, 2.75) is 25.8 Å². The van der Waals surface area contributed by atoms with Crippen LogP contribution < -0.4 is 15.4 Å². The molecule has 4 rings (SSSR count). The van der Waals surface area contributed by atoms with Crippen molar-refractivity contribution in [1.82, 2.24) is 10.2 Å². The molecule has 1 atom stereocenters. The molecular weight excluding hydrogens is 370 g/mol. The van der Waals surface area contributed by atoms with E-state index < -0.39 is 11.8 Å². The fourth-order valence-corrected chi connectivity index (χ4v) is 4.03. The van der Waals surface area contributed by atoms with Gasteiger partial charge in [-0.25, -0.2) is 0 Å². The molecule has 1 unspecified atom stereocenters. The number of hydrogen-bond acceptors (Lipinski definition) is 5. The van der Waals surface area contributed by atoms with Crippen LogP contribution in [0.4, 0.5) is 5.69 Å². The minimum atomic E-state index is -0.722. The van der Waals surface area contributed by atoms with E-state index in [1.165, 1.54) is 7.11 Å². The van der Waals surface area contributed by atoms with E-state index >= 15 is 0 Å². The van der Waals surface area contributed by atoms with Crippen LogP contribution in [0.2, 0.25) is 0 Å². The number of nitrogens with zero attached hydrogens (tertiary/aromatic N) is 1. The summed E-state index contributed by atoms with van der Waals surface area (Å²) < 4.78 is 11.3. The van der Waals surface area contributed by atoms with E-state index in [1.807, 2.05) is 30.3 Å². The Balaban J connectivity index is 1.49. The number of fused-ring (bicyclic) bond motifs is 3. The van der Waals surface area contributed by atoms with Crippen LogP contribution in [0.5, 0.6) is 5.75 Å². The third-order valence-electron chi connectivity index (χ3n) is 5.56. The van der Waals surface area contributed by atoms with Crippen molar-refractivity contribution in [1.29, 1.82) is 0 Å². The van der Waals surface area contributed by atoms with E-state index in [1.54, 1.807) is 6.07 Å². The molecule has 0 saturated carbocycles. The van der Waals surface area contributed by atoms with Gasteiger partial charge in [-0.15, -0.1) is 0 Å². The quantitative estimate of drug-likeness (QED) is 0.649. The summed E-state index contributed by atoms with van der Waals surface area (Å²) in [6.07, 6.45) is 2.15. The lowest BCUT2D eigenvalue weighted by Crippen LogP contribution is -2.43. The van der Waals surface area contributed by atoms with Gasteiger partial charge in [0.15, 0.2) is 0 Å². The summed E-state index contributed by atoms with van der Waals surface area (Å²) in [5.74, 6) is -0.905. The number of nitrogens with one attached hydrogen (secondary N) is 2. The van der Waals surface area contributed by atoms with Gasteiger partial charge in [0.1, 0.15) is 16.9 Å². The lowest BCUT2D eigenvalue weighted by molar-refractivity contribution is -0.136. The molecule has 29 heavy (non-hydrogen) atoms. The van der Waals surface area contributed by atoms with E-state index in [2.05, 4.69) is 22.5 Å². The molecule has 3 aromatic rings. The molecule has 1 aliphatic heterocycles. The van der Waals surface area contributed by atoms with Crippen LogP contribution in [0, 0.1) is 0 Å². The van der Waals surface area contributed by atoms with E-state index in [0.717, 1.165) is 42.3 Å². The largest absolute Gasteiger partial charge is 0.495 e. The molecule has 0 bridgehead atoms. The Morgan fingerprint density at radius 1 is 1.17 bits per heavy atom. The van der Waals surface area contributed by atoms with Crippen LogP contribution in [-0.4, -0.2) is 49.5 Å². The first kappa shape index (κ1) is 19.3. The molecule has 0 aliphatic carbocycles. The van der Waals surface area contributed by atoms with Gasteiger partial charge in [-0.1, -0.05) is 25.1 Å².